The van der Waals surface area contributed by atoms with Gasteiger partial charge in [0.25, 0.3) is 0 Å². The fourth-order valence-electron chi connectivity index (χ4n) is 3.32. The highest BCUT2D eigenvalue weighted by molar-refractivity contribution is 9.10. The maximum Gasteiger partial charge on any atom is 0.228 e. The van der Waals surface area contributed by atoms with Crippen LogP contribution >= 0.6 is 15.9 Å². The highest BCUT2D eigenvalue weighted by Gasteiger charge is 2.27. The van der Waals surface area contributed by atoms with Crippen molar-refractivity contribution in [1.29, 1.82) is 0 Å². The number of rotatable bonds is 6. The predicted octanol–water partition coefficient (Wildman–Crippen LogP) is 4.04. The molecule has 27 heavy (non-hydrogen) atoms. The molecule has 6 heteroatoms. The first-order valence-corrected chi connectivity index (χ1v) is 10.2. The summed E-state index contributed by atoms with van der Waals surface area (Å²) in [5, 5.41) is 2.86. The SMILES string of the molecule is O=C(Nc1ccc(Br)cn1)C1CCN(C(=O)CCCc2ccccc2)CC1. The minimum Gasteiger partial charge on any atom is -0.343 e. The lowest BCUT2D eigenvalue weighted by Gasteiger charge is -2.31. The van der Waals surface area contributed by atoms with Crippen molar-refractivity contribution in [3.05, 3.63) is 58.7 Å². The molecule has 0 unspecified atom stereocenters. The van der Waals surface area contributed by atoms with E-state index in [9.17, 15) is 9.59 Å². The molecule has 0 atom stereocenters. The Morgan fingerprint density at radius 2 is 1.85 bits per heavy atom. The number of carbonyl (C=O) groups is 2. The van der Waals surface area contributed by atoms with Gasteiger partial charge in [-0.2, -0.15) is 0 Å². The third kappa shape index (κ3) is 5.89. The topological polar surface area (TPSA) is 62.3 Å². The number of carbonyl (C=O) groups excluding carboxylic acids is 2. The van der Waals surface area contributed by atoms with Crippen molar-refractivity contribution in [2.75, 3.05) is 18.4 Å². The molecule has 5 nitrogen and oxygen atoms in total. The molecule has 1 aliphatic rings. The number of pyridine rings is 1. The summed E-state index contributed by atoms with van der Waals surface area (Å²) in [5.41, 5.74) is 1.27. The number of anilines is 1. The van der Waals surface area contributed by atoms with E-state index in [1.807, 2.05) is 29.2 Å². The number of nitrogens with zero attached hydrogens (tertiary/aromatic N) is 2. The molecule has 142 valence electrons. The quantitative estimate of drug-likeness (QED) is 0.753. The smallest absolute Gasteiger partial charge is 0.228 e. The Balaban J connectivity index is 1.39. The van der Waals surface area contributed by atoms with Crippen molar-refractivity contribution in [3.8, 4) is 0 Å². The van der Waals surface area contributed by atoms with Gasteiger partial charge in [-0.3, -0.25) is 9.59 Å². The van der Waals surface area contributed by atoms with Gasteiger partial charge in [-0.25, -0.2) is 4.98 Å². The van der Waals surface area contributed by atoms with Crippen molar-refractivity contribution in [1.82, 2.24) is 9.88 Å². The number of hydrogen-bond acceptors (Lipinski definition) is 3. The lowest BCUT2D eigenvalue weighted by Crippen LogP contribution is -2.41. The van der Waals surface area contributed by atoms with Crippen LogP contribution in [-0.2, 0) is 16.0 Å². The molecule has 1 fully saturated rings. The molecule has 1 aromatic heterocycles. The van der Waals surface area contributed by atoms with Gasteiger partial charge in [0.15, 0.2) is 0 Å². The standard InChI is InChI=1S/C21H24BrN3O2/c22-18-9-10-19(23-15-18)24-21(27)17-11-13-25(14-12-17)20(26)8-4-7-16-5-2-1-3-6-16/h1-3,5-6,9-10,15,17H,4,7-8,11-14H2,(H,23,24,27). The predicted molar refractivity (Wildman–Crippen MR) is 109 cm³/mol. The van der Waals surface area contributed by atoms with Crippen molar-refractivity contribution in [2.24, 2.45) is 5.92 Å². The van der Waals surface area contributed by atoms with Crippen LogP contribution in [0, 0.1) is 5.92 Å². The van der Waals surface area contributed by atoms with Crippen LogP contribution in [0.5, 0.6) is 0 Å². The molecule has 1 saturated heterocycles. The summed E-state index contributed by atoms with van der Waals surface area (Å²) in [6.45, 7) is 1.30. The Kier molecular flexibility index (Phi) is 6.98. The zero-order valence-electron chi connectivity index (χ0n) is 15.2. The van der Waals surface area contributed by atoms with Gasteiger partial charge in [-0.05, 0) is 59.3 Å². The van der Waals surface area contributed by atoms with Gasteiger partial charge in [0, 0.05) is 36.1 Å². The van der Waals surface area contributed by atoms with E-state index in [0.717, 1.165) is 17.3 Å². The van der Waals surface area contributed by atoms with E-state index in [0.29, 0.717) is 38.2 Å². The second kappa shape index (κ2) is 9.65. The molecule has 2 heterocycles. The highest BCUT2D eigenvalue weighted by Crippen LogP contribution is 2.20. The Hall–Kier alpha value is -2.21. The first-order chi connectivity index (χ1) is 13.1. The van der Waals surface area contributed by atoms with E-state index in [1.165, 1.54) is 5.56 Å². The number of aryl methyl sites for hydroxylation is 1. The van der Waals surface area contributed by atoms with Gasteiger partial charge in [0.1, 0.15) is 5.82 Å². The van der Waals surface area contributed by atoms with Gasteiger partial charge in [0.2, 0.25) is 11.8 Å². The third-order valence-electron chi connectivity index (χ3n) is 4.90. The first-order valence-electron chi connectivity index (χ1n) is 9.36. The Morgan fingerprint density at radius 3 is 2.52 bits per heavy atom. The van der Waals surface area contributed by atoms with Crippen molar-refractivity contribution < 1.29 is 9.59 Å². The second-order valence-corrected chi connectivity index (χ2v) is 7.76. The number of likely N-dealkylation sites (tertiary alicyclic amines) is 1. The summed E-state index contributed by atoms with van der Waals surface area (Å²) in [6.07, 6.45) is 5.41. The molecule has 0 aliphatic carbocycles. The highest BCUT2D eigenvalue weighted by atomic mass is 79.9. The van der Waals surface area contributed by atoms with E-state index in [4.69, 9.17) is 0 Å². The molecule has 0 bridgehead atoms. The number of piperidine rings is 1. The fraction of sp³-hybridized carbons (Fsp3) is 0.381. The largest absolute Gasteiger partial charge is 0.343 e. The number of amides is 2. The average molecular weight is 430 g/mol. The molecule has 3 rings (SSSR count). The second-order valence-electron chi connectivity index (χ2n) is 6.85. The number of hydrogen-bond donors (Lipinski definition) is 1. The molecule has 2 aromatic rings. The summed E-state index contributed by atoms with van der Waals surface area (Å²) in [6, 6.07) is 13.9. The van der Waals surface area contributed by atoms with Gasteiger partial charge < -0.3 is 10.2 Å². The summed E-state index contributed by atoms with van der Waals surface area (Å²) in [4.78, 5) is 30.9. The molecule has 1 N–H and O–H groups in total. The maximum absolute atomic E-state index is 12.4. The van der Waals surface area contributed by atoms with Crippen LogP contribution in [0.4, 0.5) is 5.82 Å². The molecule has 1 aliphatic heterocycles. The molecule has 0 radical (unpaired) electrons. The lowest BCUT2D eigenvalue weighted by molar-refractivity contribution is -0.134. The van der Waals surface area contributed by atoms with Gasteiger partial charge in [-0.15, -0.1) is 0 Å². The van der Waals surface area contributed by atoms with E-state index in [2.05, 4.69) is 38.4 Å². The molecule has 0 spiro atoms. The van der Waals surface area contributed by atoms with Gasteiger partial charge in [0.05, 0.1) is 0 Å². The number of nitrogens with one attached hydrogen (secondary N) is 1. The van der Waals surface area contributed by atoms with E-state index in [-0.39, 0.29) is 17.7 Å². The van der Waals surface area contributed by atoms with Crippen molar-refractivity contribution in [2.45, 2.75) is 32.1 Å². The number of halogens is 1. The van der Waals surface area contributed by atoms with E-state index < -0.39 is 0 Å². The maximum atomic E-state index is 12.4. The van der Waals surface area contributed by atoms with Crippen LogP contribution in [0.25, 0.3) is 0 Å². The zero-order chi connectivity index (χ0) is 19.1. The fourth-order valence-corrected chi connectivity index (χ4v) is 3.55. The average Bonchev–Trinajstić information content (AvgIpc) is 2.70. The Morgan fingerprint density at radius 1 is 1.11 bits per heavy atom. The van der Waals surface area contributed by atoms with Gasteiger partial charge >= 0.3 is 0 Å². The summed E-state index contributed by atoms with van der Waals surface area (Å²) >= 11 is 3.33. The third-order valence-corrected chi connectivity index (χ3v) is 5.37. The van der Waals surface area contributed by atoms with Crippen LogP contribution in [0.15, 0.2) is 53.1 Å². The molecular weight excluding hydrogens is 406 g/mol. The van der Waals surface area contributed by atoms with E-state index in [1.54, 1.807) is 12.3 Å². The van der Waals surface area contributed by atoms with Crippen LogP contribution in [-0.4, -0.2) is 34.8 Å². The number of benzene rings is 1. The Bertz CT molecular complexity index is 757. The Labute approximate surface area is 168 Å². The first kappa shape index (κ1) is 19.5. The lowest BCUT2D eigenvalue weighted by atomic mass is 9.95. The van der Waals surface area contributed by atoms with Crippen LogP contribution < -0.4 is 5.32 Å². The van der Waals surface area contributed by atoms with E-state index >= 15 is 0 Å². The van der Waals surface area contributed by atoms with Crippen LogP contribution in [0.3, 0.4) is 0 Å². The van der Waals surface area contributed by atoms with Crippen molar-refractivity contribution >= 4 is 33.6 Å². The van der Waals surface area contributed by atoms with Crippen LogP contribution in [0.2, 0.25) is 0 Å². The van der Waals surface area contributed by atoms with Crippen molar-refractivity contribution in [3.63, 3.8) is 0 Å². The minimum atomic E-state index is -0.0659. The number of aromatic nitrogens is 1. The normalized spacial score (nSPS) is 14.8. The zero-order valence-corrected chi connectivity index (χ0v) is 16.8. The molecule has 2 amide bonds. The summed E-state index contributed by atoms with van der Waals surface area (Å²) in [7, 11) is 0. The van der Waals surface area contributed by atoms with Gasteiger partial charge in [-0.1, -0.05) is 30.3 Å². The monoisotopic (exact) mass is 429 g/mol. The summed E-state index contributed by atoms with van der Waals surface area (Å²) < 4.78 is 0.875. The summed E-state index contributed by atoms with van der Waals surface area (Å²) in [5.74, 6) is 0.673. The van der Waals surface area contributed by atoms with Crippen LogP contribution in [0.1, 0.15) is 31.2 Å². The molecular formula is C21H24BrN3O2. The molecule has 1 aromatic carbocycles. The molecule has 0 saturated carbocycles. The minimum absolute atomic E-state index is 0.0130.